The number of anilines is 1. The number of piperidine rings is 1. The van der Waals surface area contributed by atoms with Crippen LogP contribution in [-0.4, -0.2) is 44.2 Å². The number of nitrogens with zero attached hydrogens (tertiary/aromatic N) is 4. The molecule has 4 aromatic rings. The number of carbonyl (C=O) groups excluding carboxylic acids is 2. The van der Waals surface area contributed by atoms with Crippen molar-refractivity contribution in [3.05, 3.63) is 95.7 Å². The minimum Gasteiger partial charge on any atom is -0.338 e. The summed E-state index contributed by atoms with van der Waals surface area (Å²) >= 11 is 6.18. The van der Waals surface area contributed by atoms with Crippen LogP contribution in [0.25, 0.3) is 11.5 Å². The summed E-state index contributed by atoms with van der Waals surface area (Å²) in [5.41, 5.74) is 1.58. The molecule has 0 bridgehead atoms. The molecule has 0 spiro atoms. The van der Waals surface area contributed by atoms with Gasteiger partial charge in [-0.15, -0.1) is 0 Å². The number of halogens is 2. The van der Waals surface area contributed by atoms with Crippen LogP contribution in [0, 0.1) is 11.7 Å². The number of rotatable bonds is 5. The van der Waals surface area contributed by atoms with E-state index in [0.717, 1.165) is 0 Å². The third kappa shape index (κ3) is 4.70. The topological polar surface area (TPSA) is 72.2 Å². The maximum absolute atomic E-state index is 13.6. The van der Waals surface area contributed by atoms with Gasteiger partial charge in [-0.2, -0.15) is 5.10 Å². The predicted molar refractivity (Wildman–Crippen MR) is 132 cm³/mol. The number of amides is 2. The molecule has 1 atom stereocenters. The molecular formula is C26H23ClFN5O2. The van der Waals surface area contributed by atoms with Gasteiger partial charge in [0.2, 0.25) is 5.91 Å². The fourth-order valence-electron chi connectivity index (χ4n) is 4.33. The molecule has 178 valence electrons. The van der Waals surface area contributed by atoms with E-state index in [-0.39, 0.29) is 23.5 Å². The Labute approximate surface area is 206 Å². The normalized spacial score (nSPS) is 15.7. The van der Waals surface area contributed by atoms with Crippen LogP contribution in [0.5, 0.6) is 0 Å². The molecule has 1 N–H and O–H groups in total. The molecule has 1 aliphatic heterocycles. The lowest BCUT2D eigenvalue weighted by atomic mass is 9.96. The lowest BCUT2D eigenvalue weighted by Gasteiger charge is -2.32. The van der Waals surface area contributed by atoms with Crippen LogP contribution in [0.3, 0.4) is 0 Å². The molecule has 0 unspecified atom stereocenters. The Balaban J connectivity index is 1.40. The first-order valence-corrected chi connectivity index (χ1v) is 11.7. The molecule has 1 fully saturated rings. The standard InChI is InChI=1S/C26H23ClFN5O2/c27-22-7-1-2-8-23(22)30-24(34)18-6-5-15-32(17-18)26(35)21-16-29-33(20-11-9-19(28)10-12-20)25(21)31-13-3-4-14-31/h1-4,7-14,16,18H,5-6,15,17H2,(H,30,34)/t18-/m0/s1. The van der Waals surface area contributed by atoms with Gasteiger partial charge in [0.05, 0.1) is 28.5 Å². The zero-order valence-electron chi connectivity index (χ0n) is 18.8. The maximum atomic E-state index is 13.6. The van der Waals surface area contributed by atoms with E-state index in [1.54, 1.807) is 50.5 Å². The van der Waals surface area contributed by atoms with E-state index in [1.807, 2.05) is 24.5 Å². The molecule has 2 amide bonds. The molecule has 2 aromatic heterocycles. The number of para-hydroxylation sites is 1. The summed E-state index contributed by atoms with van der Waals surface area (Å²) in [6.45, 7) is 0.837. The lowest BCUT2D eigenvalue weighted by Crippen LogP contribution is -2.44. The maximum Gasteiger partial charge on any atom is 0.259 e. The highest BCUT2D eigenvalue weighted by atomic mass is 35.5. The first-order valence-electron chi connectivity index (χ1n) is 11.3. The molecule has 2 aromatic carbocycles. The van der Waals surface area contributed by atoms with E-state index in [4.69, 9.17) is 11.6 Å². The molecule has 3 heterocycles. The average molecular weight is 492 g/mol. The summed E-state index contributed by atoms with van der Waals surface area (Å²) in [4.78, 5) is 28.3. The molecule has 1 aliphatic rings. The molecule has 9 heteroatoms. The first-order chi connectivity index (χ1) is 17.0. The van der Waals surface area contributed by atoms with Gasteiger partial charge in [-0.05, 0) is 61.4 Å². The highest BCUT2D eigenvalue weighted by Gasteiger charge is 2.31. The van der Waals surface area contributed by atoms with Crippen LogP contribution in [-0.2, 0) is 4.79 Å². The Morgan fingerprint density at radius 3 is 2.51 bits per heavy atom. The van der Waals surface area contributed by atoms with Gasteiger partial charge in [0.25, 0.3) is 5.91 Å². The molecule has 7 nitrogen and oxygen atoms in total. The molecule has 5 rings (SSSR count). The first kappa shape index (κ1) is 22.9. The van der Waals surface area contributed by atoms with Gasteiger partial charge in [0.15, 0.2) is 5.82 Å². The number of hydrogen-bond acceptors (Lipinski definition) is 3. The number of hydrogen-bond donors (Lipinski definition) is 1. The molecule has 35 heavy (non-hydrogen) atoms. The molecule has 1 saturated heterocycles. The van der Waals surface area contributed by atoms with E-state index >= 15 is 0 Å². The van der Waals surface area contributed by atoms with Crippen molar-refractivity contribution in [2.45, 2.75) is 12.8 Å². The van der Waals surface area contributed by atoms with Crippen LogP contribution in [0.1, 0.15) is 23.2 Å². The summed E-state index contributed by atoms with van der Waals surface area (Å²) in [5, 5.41) is 7.79. The largest absolute Gasteiger partial charge is 0.338 e. The summed E-state index contributed by atoms with van der Waals surface area (Å²) in [5.74, 6) is -0.532. The lowest BCUT2D eigenvalue weighted by molar-refractivity contribution is -0.121. The average Bonchev–Trinajstić information content (AvgIpc) is 3.55. The second kappa shape index (κ2) is 9.76. The summed E-state index contributed by atoms with van der Waals surface area (Å²) in [7, 11) is 0. The van der Waals surface area contributed by atoms with Gasteiger partial charge in [-0.25, -0.2) is 9.07 Å². The summed E-state index contributed by atoms with van der Waals surface area (Å²) in [6, 6.07) is 16.7. The van der Waals surface area contributed by atoms with E-state index in [1.165, 1.54) is 18.3 Å². The van der Waals surface area contributed by atoms with Gasteiger partial charge in [0.1, 0.15) is 11.4 Å². The van der Waals surface area contributed by atoms with Crippen LogP contribution in [0.15, 0.2) is 79.3 Å². The Morgan fingerprint density at radius 2 is 1.77 bits per heavy atom. The van der Waals surface area contributed by atoms with Crippen molar-refractivity contribution in [1.82, 2.24) is 19.2 Å². The van der Waals surface area contributed by atoms with E-state index < -0.39 is 0 Å². The molecule has 0 radical (unpaired) electrons. The second-order valence-corrected chi connectivity index (χ2v) is 8.83. The Morgan fingerprint density at radius 1 is 1.03 bits per heavy atom. The number of aromatic nitrogens is 3. The van der Waals surface area contributed by atoms with E-state index in [9.17, 15) is 14.0 Å². The minimum atomic E-state index is -0.355. The van der Waals surface area contributed by atoms with Gasteiger partial charge in [-0.3, -0.25) is 9.59 Å². The second-order valence-electron chi connectivity index (χ2n) is 8.42. The highest BCUT2D eigenvalue weighted by Crippen LogP contribution is 2.26. The SMILES string of the molecule is O=C(Nc1ccccc1Cl)[C@H]1CCCN(C(=O)c2cnn(-c3ccc(F)cc3)c2-n2cccc2)C1. The van der Waals surface area contributed by atoms with Crippen molar-refractivity contribution < 1.29 is 14.0 Å². The monoisotopic (exact) mass is 491 g/mol. The molecular weight excluding hydrogens is 469 g/mol. The van der Waals surface area contributed by atoms with Crippen molar-refractivity contribution in [2.24, 2.45) is 5.92 Å². The summed E-state index contributed by atoms with van der Waals surface area (Å²) in [6.07, 6.45) is 6.55. The number of nitrogens with one attached hydrogen (secondary N) is 1. The number of carbonyl (C=O) groups is 2. The van der Waals surface area contributed by atoms with Crippen LogP contribution < -0.4 is 5.32 Å². The van der Waals surface area contributed by atoms with Crippen molar-refractivity contribution in [3.63, 3.8) is 0 Å². The zero-order valence-corrected chi connectivity index (χ0v) is 19.5. The Kier molecular flexibility index (Phi) is 6.37. The minimum absolute atomic E-state index is 0.164. The zero-order chi connectivity index (χ0) is 24.4. The summed E-state index contributed by atoms with van der Waals surface area (Å²) < 4.78 is 16.9. The van der Waals surface area contributed by atoms with Crippen molar-refractivity contribution in [3.8, 4) is 11.5 Å². The Bertz CT molecular complexity index is 1350. The third-order valence-electron chi connectivity index (χ3n) is 6.11. The van der Waals surface area contributed by atoms with Crippen molar-refractivity contribution >= 4 is 29.1 Å². The van der Waals surface area contributed by atoms with E-state index in [2.05, 4.69) is 10.4 Å². The van der Waals surface area contributed by atoms with Crippen molar-refractivity contribution in [2.75, 3.05) is 18.4 Å². The van der Waals surface area contributed by atoms with Crippen LogP contribution >= 0.6 is 11.6 Å². The molecule has 0 saturated carbocycles. The van der Waals surface area contributed by atoms with Gasteiger partial charge in [0, 0.05) is 25.5 Å². The van der Waals surface area contributed by atoms with E-state index in [0.29, 0.717) is 53.7 Å². The van der Waals surface area contributed by atoms with Crippen LogP contribution in [0.4, 0.5) is 10.1 Å². The van der Waals surface area contributed by atoms with Gasteiger partial charge in [-0.1, -0.05) is 23.7 Å². The predicted octanol–water partition coefficient (Wildman–Crippen LogP) is 4.95. The van der Waals surface area contributed by atoms with Gasteiger partial charge >= 0.3 is 0 Å². The van der Waals surface area contributed by atoms with Crippen LogP contribution in [0.2, 0.25) is 5.02 Å². The number of benzene rings is 2. The molecule has 0 aliphatic carbocycles. The smallest absolute Gasteiger partial charge is 0.259 e. The fraction of sp³-hybridized carbons (Fsp3) is 0.192. The quantitative estimate of drug-likeness (QED) is 0.429. The van der Waals surface area contributed by atoms with Gasteiger partial charge < -0.3 is 14.8 Å². The highest BCUT2D eigenvalue weighted by molar-refractivity contribution is 6.33. The fourth-order valence-corrected chi connectivity index (χ4v) is 4.51. The number of likely N-dealkylation sites (tertiary alicyclic amines) is 1. The third-order valence-corrected chi connectivity index (χ3v) is 6.44. The Hall–Kier alpha value is -3.91. The van der Waals surface area contributed by atoms with Crippen molar-refractivity contribution in [1.29, 1.82) is 0 Å².